The van der Waals surface area contributed by atoms with Gasteiger partial charge in [-0.3, -0.25) is 4.79 Å². The number of thioether (sulfide) groups is 1. The van der Waals surface area contributed by atoms with Crippen molar-refractivity contribution in [1.29, 1.82) is 0 Å². The molecule has 1 amide bonds. The summed E-state index contributed by atoms with van der Waals surface area (Å²) in [5.74, 6) is -0.255. The van der Waals surface area contributed by atoms with Gasteiger partial charge < -0.3 is 5.32 Å². The Morgan fingerprint density at radius 1 is 1.40 bits per heavy atom. The van der Waals surface area contributed by atoms with Gasteiger partial charge in [-0.15, -0.1) is 11.8 Å². The molecule has 5 nitrogen and oxygen atoms in total. The molecule has 0 saturated carbocycles. The van der Waals surface area contributed by atoms with E-state index in [2.05, 4.69) is 5.32 Å². The monoisotopic (exact) mass is 314 g/mol. The van der Waals surface area contributed by atoms with E-state index in [1.165, 1.54) is 16.1 Å². The molecule has 1 atom stereocenters. The van der Waals surface area contributed by atoms with E-state index in [4.69, 9.17) is 0 Å². The van der Waals surface area contributed by atoms with Crippen molar-refractivity contribution < 1.29 is 13.2 Å². The van der Waals surface area contributed by atoms with E-state index < -0.39 is 16.1 Å². The van der Waals surface area contributed by atoms with Gasteiger partial charge in [0.2, 0.25) is 15.9 Å². The van der Waals surface area contributed by atoms with Crippen molar-refractivity contribution in [2.45, 2.75) is 23.8 Å². The van der Waals surface area contributed by atoms with Crippen molar-refractivity contribution in [3.05, 3.63) is 24.3 Å². The summed E-state index contributed by atoms with van der Waals surface area (Å²) in [5.41, 5.74) is 0.727. The number of nitrogens with zero attached hydrogens (tertiary/aromatic N) is 1. The van der Waals surface area contributed by atoms with Crippen LogP contribution in [0.25, 0.3) is 0 Å². The van der Waals surface area contributed by atoms with Crippen molar-refractivity contribution in [3.8, 4) is 0 Å². The summed E-state index contributed by atoms with van der Waals surface area (Å²) in [6.45, 7) is 0.418. The molecule has 1 heterocycles. The number of hydrogen-bond acceptors (Lipinski definition) is 4. The van der Waals surface area contributed by atoms with Crippen LogP contribution >= 0.6 is 11.8 Å². The van der Waals surface area contributed by atoms with Crippen LogP contribution in [-0.4, -0.2) is 43.7 Å². The quantitative estimate of drug-likeness (QED) is 0.860. The van der Waals surface area contributed by atoms with Gasteiger partial charge in [-0.25, -0.2) is 8.42 Å². The molecule has 0 spiro atoms. The maximum atomic E-state index is 12.3. The maximum Gasteiger partial charge on any atom is 0.242 e. The van der Waals surface area contributed by atoms with E-state index in [0.717, 1.165) is 23.3 Å². The smallest absolute Gasteiger partial charge is 0.242 e. The SMILES string of the molecule is CSc1ccccc1NC(=O)C1CCCN1S(C)(=O)=O. The topological polar surface area (TPSA) is 66.5 Å². The molecule has 1 N–H and O–H groups in total. The van der Waals surface area contributed by atoms with Crippen molar-refractivity contribution in [1.82, 2.24) is 4.31 Å². The number of benzene rings is 1. The van der Waals surface area contributed by atoms with Crippen LogP contribution in [0, 0.1) is 0 Å². The Morgan fingerprint density at radius 3 is 2.75 bits per heavy atom. The molecule has 1 aromatic carbocycles. The fourth-order valence-electron chi connectivity index (χ4n) is 2.36. The van der Waals surface area contributed by atoms with Gasteiger partial charge in [0.1, 0.15) is 6.04 Å². The van der Waals surface area contributed by atoms with Crippen LogP contribution in [0.5, 0.6) is 0 Å². The Labute approximate surface area is 123 Å². The normalized spacial score (nSPS) is 20.0. The van der Waals surface area contributed by atoms with Crippen LogP contribution in [0.2, 0.25) is 0 Å². The van der Waals surface area contributed by atoms with Crippen LogP contribution < -0.4 is 5.32 Å². The summed E-state index contributed by atoms with van der Waals surface area (Å²) in [5, 5.41) is 2.84. The minimum Gasteiger partial charge on any atom is -0.324 e. The number of anilines is 1. The van der Waals surface area contributed by atoms with E-state index >= 15 is 0 Å². The number of carbonyl (C=O) groups excluding carboxylic acids is 1. The fraction of sp³-hybridized carbons (Fsp3) is 0.462. The first-order valence-corrected chi connectivity index (χ1v) is 9.41. The van der Waals surface area contributed by atoms with E-state index in [-0.39, 0.29) is 5.91 Å². The first-order valence-electron chi connectivity index (χ1n) is 6.34. The van der Waals surface area contributed by atoms with Crippen molar-refractivity contribution in [2.75, 3.05) is 24.4 Å². The summed E-state index contributed by atoms with van der Waals surface area (Å²) >= 11 is 1.54. The zero-order valence-electron chi connectivity index (χ0n) is 11.5. The van der Waals surface area contributed by atoms with Gasteiger partial charge in [-0.2, -0.15) is 4.31 Å². The Morgan fingerprint density at radius 2 is 2.10 bits per heavy atom. The van der Waals surface area contributed by atoms with E-state index in [0.29, 0.717) is 13.0 Å². The zero-order chi connectivity index (χ0) is 14.8. The lowest BCUT2D eigenvalue weighted by atomic mass is 10.2. The summed E-state index contributed by atoms with van der Waals surface area (Å²) < 4.78 is 24.6. The first-order chi connectivity index (χ1) is 9.43. The number of sulfonamides is 1. The highest BCUT2D eigenvalue weighted by Crippen LogP contribution is 2.27. The molecule has 0 radical (unpaired) electrons. The number of carbonyl (C=O) groups is 1. The van der Waals surface area contributed by atoms with Crippen LogP contribution in [0.1, 0.15) is 12.8 Å². The van der Waals surface area contributed by atoms with Crippen LogP contribution in [-0.2, 0) is 14.8 Å². The number of nitrogens with one attached hydrogen (secondary N) is 1. The largest absolute Gasteiger partial charge is 0.324 e. The van der Waals surface area contributed by atoms with Gasteiger partial charge >= 0.3 is 0 Å². The Bertz CT molecular complexity index is 601. The third-order valence-corrected chi connectivity index (χ3v) is 5.38. The lowest BCUT2D eigenvalue weighted by Crippen LogP contribution is -2.42. The first kappa shape index (κ1) is 15.3. The highest BCUT2D eigenvalue weighted by molar-refractivity contribution is 7.98. The van der Waals surface area contributed by atoms with Crippen molar-refractivity contribution >= 4 is 33.4 Å². The lowest BCUT2D eigenvalue weighted by Gasteiger charge is -2.21. The van der Waals surface area contributed by atoms with Crippen LogP contribution in [0.4, 0.5) is 5.69 Å². The van der Waals surface area contributed by atoms with Gasteiger partial charge in [0, 0.05) is 11.4 Å². The molecule has 1 aliphatic heterocycles. The standard InChI is InChI=1S/C13H18N2O3S2/c1-19-12-8-4-3-6-10(12)14-13(16)11-7-5-9-15(11)20(2,17)18/h3-4,6,8,11H,5,7,9H2,1-2H3,(H,14,16). The number of para-hydroxylation sites is 1. The lowest BCUT2D eigenvalue weighted by molar-refractivity contribution is -0.119. The van der Waals surface area contributed by atoms with Crippen LogP contribution in [0.15, 0.2) is 29.2 Å². The highest BCUT2D eigenvalue weighted by Gasteiger charge is 2.36. The van der Waals surface area contributed by atoms with Gasteiger partial charge in [0.05, 0.1) is 11.9 Å². The second kappa shape index (κ2) is 6.15. The average Bonchev–Trinajstić information content (AvgIpc) is 2.88. The molecule has 1 aromatic rings. The van der Waals surface area contributed by atoms with Gasteiger partial charge in [0.15, 0.2) is 0 Å². The molecule has 1 fully saturated rings. The molecule has 0 bridgehead atoms. The van der Waals surface area contributed by atoms with Crippen LogP contribution in [0.3, 0.4) is 0 Å². The summed E-state index contributed by atoms with van der Waals surface area (Å²) in [6.07, 6.45) is 4.37. The molecule has 0 aliphatic carbocycles. The summed E-state index contributed by atoms with van der Waals surface area (Å²) in [7, 11) is -3.34. The van der Waals surface area contributed by atoms with Gasteiger partial charge in [-0.05, 0) is 31.2 Å². The highest BCUT2D eigenvalue weighted by atomic mass is 32.2. The Hall–Kier alpha value is -1.05. The summed E-state index contributed by atoms with van der Waals surface area (Å²) in [6, 6.07) is 6.89. The number of hydrogen-bond donors (Lipinski definition) is 1. The molecule has 1 unspecified atom stereocenters. The molecule has 1 aliphatic rings. The maximum absolute atomic E-state index is 12.3. The second-order valence-corrected chi connectivity index (χ2v) is 7.50. The average molecular weight is 314 g/mol. The van der Waals surface area contributed by atoms with Gasteiger partial charge in [0.25, 0.3) is 0 Å². The summed E-state index contributed by atoms with van der Waals surface area (Å²) in [4.78, 5) is 13.3. The fourth-order valence-corrected chi connectivity index (χ4v) is 4.04. The zero-order valence-corrected chi connectivity index (χ0v) is 13.1. The third kappa shape index (κ3) is 3.34. The number of amides is 1. The molecule has 1 saturated heterocycles. The predicted molar refractivity (Wildman–Crippen MR) is 81.4 cm³/mol. The minimum absolute atomic E-state index is 0.255. The van der Waals surface area contributed by atoms with Gasteiger partial charge in [-0.1, -0.05) is 12.1 Å². The van der Waals surface area contributed by atoms with Crippen molar-refractivity contribution in [2.24, 2.45) is 0 Å². The molecule has 110 valence electrons. The molecule has 7 heteroatoms. The molecular formula is C13H18N2O3S2. The Balaban J connectivity index is 2.16. The van der Waals surface area contributed by atoms with E-state index in [1.807, 2.05) is 30.5 Å². The second-order valence-electron chi connectivity index (χ2n) is 4.72. The number of rotatable bonds is 4. The molecule has 0 aromatic heterocycles. The molecule has 2 rings (SSSR count). The predicted octanol–water partition coefficient (Wildman–Crippen LogP) is 1.77. The van der Waals surface area contributed by atoms with E-state index in [1.54, 1.807) is 0 Å². The van der Waals surface area contributed by atoms with Crippen molar-refractivity contribution in [3.63, 3.8) is 0 Å². The minimum atomic E-state index is -3.34. The molecular weight excluding hydrogens is 296 g/mol. The third-order valence-electron chi connectivity index (χ3n) is 3.30. The van der Waals surface area contributed by atoms with E-state index in [9.17, 15) is 13.2 Å². The molecule has 20 heavy (non-hydrogen) atoms. The Kier molecular flexibility index (Phi) is 4.72.